The lowest BCUT2D eigenvalue weighted by Crippen LogP contribution is -2.32. The van der Waals surface area contributed by atoms with Crippen LogP contribution in [0.5, 0.6) is 0 Å². The highest BCUT2D eigenvalue weighted by Crippen LogP contribution is 2.27. The highest BCUT2D eigenvalue weighted by atomic mass is 35.5. The summed E-state index contributed by atoms with van der Waals surface area (Å²) in [6, 6.07) is 5.35. The minimum atomic E-state index is -0.107. The Kier molecular flexibility index (Phi) is 6.45. The van der Waals surface area contributed by atoms with Gasteiger partial charge in [-0.05, 0) is 50.3 Å². The Hall–Kier alpha value is -1.56. The van der Waals surface area contributed by atoms with Crippen LogP contribution in [0, 0.1) is 12.8 Å². The van der Waals surface area contributed by atoms with E-state index in [1.54, 1.807) is 16.8 Å². The number of carbonyl (C=O) groups excluding carboxylic acids is 1. The molecule has 0 spiro atoms. The number of hydrogen-bond acceptors (Lipinski definition) is 3. The molecule has 0 radical (unpaired) electrons. The topological polar surface area (TPSA) is 56.1 Å². The predicted molar refractivity (Wildman–Crippen MR) is 108 cm³/mol. The van der Waals surface area contributed by atoms with Crippen molar-refractivity contribution in [2.24, 2.45) is 5.92 Å². The number of amides is 1. The number of rotatable bonds is 6. The fraction of sp³-hybridized carbons (Fsp3) is 0.500. The van der Waals surface area contributed by atoms with Crippen LogP contribution in [0.2, 0.25) is 10.0 Å². The van der Waals surface area contributed by atoms with Crippen LogP contribution >= 0.6 is 23.2 Å². The summed E-state index contributed by atoms with van der Waals surface area (Å²) in [6.07, 6.45) is 2.86. The predicted octanol–water partition coefficient (Wildman–Crippen LogP) is 4.59. The number of benzene rings is 1. The zero-order valence-corrected chi connectivity index (χ0v) is 17.4. The Morgan fingerprint density at radius 2 is 2.15 bits per heavy atom. The second kappa shape index (κ2) is 8.63. The van der Waals surface area contributed by atoms with Gasteiger partial charge in [-0.25, -0.2) is 4.68 Å². The molecule has 1 fully saturated rings. The van der Waals surface area contributed by atoms with Crippen molar-refractivity contribution in [3.05, 3.63) is 45.2 Å². The number of nitrogens with zero attached hydrogens (tertiary/aromatic N) is 2. The number of hydrogen-bond donors (Lipinski definition) is 1. The summed E-state index contributed by atoms with van der Waals surface area (Å²) < 4.78 is 7.37. The van der Waals surface area contributed by atoms with Gasteiger partial charge in [0.15, 0.2) is 0 Å². The second-order valence-electron chi connectivity index (χ2n) is 7.36. The minimum absolute atomic E-state index is 0.105. The molecule has 1 atom stereocenters. The lowest BCUT2D eigenvalue weighted by Gasteiger charge is -2.12. The normalized spacial score (nSPS) is 16.9. The van der Waals surface area contributed by atoms with Gasteiger partial charge in [0.1, 0.15) is 0 Å². The van der Waals surface area contributed by atoms with E-state index >= 15 is 0 Å². The van der Waals surface area contributed by atoms with Gasteiger partial charge in [-0.1, -0.05) is 37.0 Å². The second-order valence-corrected chi connectivity index (χ2v) is 8.17. The number of aromatic nitrogens is 2. The van der Waals surface area contributed by atoms with E-state index in [2.05, 4.69) is 19.2 Å². The van der Waals surface area contributed by atoms with E-state index in [-0.39, 0.29) is 12.0 Å². The molecule has 146 valence electrons. The van der Waals surface area contributed by atoms with Crippen molar-refractivity contribution in [1.82, 2.24) is 15.1 Å². The zero-order valence-electron chi connectivity index (χ0n) is 15.9. The highest BCUT2D eigenvalue weighted by molar-refractivity contribution is 6.42. The number of ether oxygens (including phenoxy) is 1. The smallest absolute Gasteiger partial charge is 0.255 e. The van der Waals surface area contributed by atoms with Crippen LogP contribution in [0.15, 0.2) is 18.2 Å². The highest BCUT2D eigenvalue weighted by Gasteiger charge is 2.24. The third-order valence-electron chi connectivity index (χ3n) is 4.68. The van der Waals surface area contributed by atoms with Gasteiger partial charge >= 0.3 is 0 Å². The standard InChI is InChI=1S/C20H25Cl2N3O2/c1-12(2)9-18-19(20(26)23-11-15-5-4-8-27-15)13(3)25(24-18)14-6-7-16(21)17(22)10-14/h6-7,10,12,15H,4-5,8-9,11H2,1-3H3,(H,23,26)/t15-/m1/s1. The summed E-state index contributed by atoms with van der Waals surface area (Å²) in [4.78, 5) is 12.9. The SMILES string of the molecule is Cc1c(C(=O)NC[C@H]2CCCO2)c(CC(C)C)nn1-c1ccc(Cl)c(Cl)c1. The Labute approximate surface area is 170 Å². The van der Waals surface area contributed by atoms with Gasteiger partial charge in [0, 0.05) is 13.2 Å². The molecule has 0 aliphatic carbocycles. The monoisotopic (exact) mass is 409 g/mol. The Balaban J connectivity index is 1.91. The first-order chi connectivity index (χ1) is 12.9. The molecule has 1 aliphatic heterocycles. The molecule has 2 heterocycles. The molecule has 3 rings (SSSR count). The maximum absolute atomic E-state index is 12.9. The molecular weight excluding hydrogens is 385 g/mol. The summed E-state index contributed by atoms with van der Waals surface area (Å²) in [5, 5.41) is 8.68. The van der Waals surface area contributed by atoms with Gasteiger partial charge in [-0.15, -0.1) is 0 Å². The van der Waals surface area contributed by atoms with Crippen molar-refractivity contribution >= 4 is 29.1 Å². The number of nitrogens with one attached hydrogen (secondary N) is 1. The first-order valence-electron chi connectivity index (χ1n) is 9.30. The van der Waals surface area contributed by atoms with Crippen molar-refractivity contribution in [3.8, 4) is 5.69 Å². The first-order valence-corrected chi connectivity index (χ1v) is 10.1. The molecule has 1 aromatic heterocycles. The third-order valence-corrected chi connectivity index (χ3v) is 5.42. The largest absolute Gasteiger partial charge is 0.376 e. The third kappa shape index (κ3) is 4.65. The van der Waals surface area contributed by atoms with Crippen LogP contribution in [0.1, 0.15) is 48.4 Å². The van der Waals surface area contributed by atoms with Gasteiger partial charge in [0.05, 0.1) is 38.8 Å². The molecule has 0 bridgehead atoms. The Morgan fingerprint density at radius 1 is 1.37 bits per heavy atom. The molecule has 5 nitrogen and oxygen atoms in total. The van der Waals surface area contributed by atoms with Crippen molar-refractivity contribution in [3.63, 3.8) is 0 Å². The Bertz CT molecular complexity index is 827. The van der Waals surface area contributed by atoms with Crippen LogP contribution < -0.4 is 5.32 Å². The van der Waals surface area contributed by atoms with Crippen molar-refractivity contribution < 1.29 is 9.53 Å². The quantitative estimate of drug-likeness (QED) is 0.758. The molecule has 2 aromatic rings. The summed E-state index contributed by atoms with van der Waals surface area (Å²) >= 11 is 12.2. The Morgan fingerprint density at radius 3 is 2.78 bits per heavy atom. The van der Waals surface area contributed by atoms with Gasteiger partial charge < -0.3 is 10.1 Å². The molecule has 1 aliphatic rings. The molecule has 1 aromatic carbocycles. The molecule has 0 unspecified atom stereocenters. The van der Waals surface area contributed by atoms with E-state index in [0.717, 1.165) is 42.9 Å². The molecule has 1 N–H and O–H groups in total. The van der Waals surface area contributed by atoms with E-state index in [0.29, 0.717) is 28.1 Å². The average molecular weight is 410 g/mol. The molecule has 27 heavy (non-hydrogen) atoms. The van der Waals surface area contributed by atoms with Crippen molar-refractivity contribution in [2.45, 2.75) is 46.1 Å². The van der Waals surface area contributed by atoms with Crippen molar-refractivity contribution in [2.75, 3.05) is 13.2 Å². The van der Waals surface area contributed by atoms with Crippen LogP contribution in [-0.2, 0) is 11.2 Å². The summed E-state index contributed by atoms with van der Waals surface area (Å²) in [6.45, 7) is 7.42. The van der Waals surface area contributed by atoms with E-state index in [9.17, 15) is 4.79 Å². The van der Waals surface area contributed by atoms with E-state index in [1.807, 2.05) is 13.0 Å². The van der Waals surface area contributed by atoms with Crippen LogP contribution in [0.4, 0.5) is 0 Å². The zero-order chi connectivity index (χ0) is 19.6. The fourth-order valence-corrected chi connectivity index (χ4v) is 3.65. The fourth-order valence-electron chi connectivity index (χ4n) is 3.35. The van der Waals surface area contributed by atoms with E-state index < -0.39 is 0 Å². The molecule has 1 saturated heterocycles. The van der Waals surface area contributed by atoms with Gasteiger partial charge in [-0.3, -0.25) is 4.79 Å². The lowest BCUT2D eigenvalue weighted by atomic mass is 10.0. The first kappa shape index (κ1) is 20.2. The van der Waals surface area contributed by atoms with Crippen LogP contribution in [0.3, 0.4) is 0 Å². The van der Waals surface area contributed by atoms with Gasteiger partial charge in [-0.2, -0.15) is 5.10 Å². The maximum atomic E-state index is 12.9. The number of carbonyl (C=O) groups is 1. The average Bonchev–Trinajstić information content (AvgIpc) is 3.23. The van der Waals surface area contributed by atoms with Gasteiger partial charge in [0.25, 0.3) is 5.91 Å². The van der Waals surface area contributed by atoms with Crippen LogP contribution in [-0.4, -0.2) is 34.9 Å². The molecular formula is C20H25Cl2N3O2. The molecule has 0 saturated carbocycles. The van der Waals surface area contributed by atoms with Crippen molar-refractivity contribution in [1.29, 1.82) is 0 Å². The maximum Gasteiger partial charge on any atom is 0.255 e. The molecule has 7 heteroatoms. The van der Waals surface area contributed by atoms with Gasteiger partial charge in [0.2, 0.25) is 0 Å². The van der Waals surface area contributed by atoms with Crippen LogP contribution in [0.25, 0.3) is 5.69 Å². The van der Waals surface area contributed by atoms with E-state index in [4.69, 9.17) is 33.0 Å². The minimum Gasteiger partial charge on any atom is -0.376 e. The lowest BCUT2D eigenvalue weighted by molar-refractivity contribution is 0.0856. The summed E-state index contributed by atoms with van der Waals surface area (Å²) in [5.41, 5.74) is 2.99. The molecule has 1 amide bonds. The van der Waals surface area contributed by atoms with E-state index in [1.165, 1.54) is 0 Å². The number of halogens is 2. The summed E-state index contributed by atoms with van der Waals surface area (Å²) in [5.74, 6) is 0.274. The summed E-state index contributed by atoms with van der Waals surface area (Å²) in [7, 11) is 0.